The van der Waals surface area contributed by atoms with Crippen LogP contribution in [0.5, 0.6) is 11.5 Å². The fraction of sp³-hybridized carbons (Fsp3) is 0.0952. The maximum Gasteiger partial charge on any atom is 0.336 e. The van der Waals surface area contributed by atoms with Gasteiger partial charge in [0.2, 0.25) is 0 Å². The first-order valence-electron chi connectivity index (χ1n) is 8.47. The van der Waals surface area contributed by atoms with Crippen LogP contribution in [0, 0.1) is 18.2 Å². The van der Waals surface area contributed by atoms with Gasteiger partial charge >= 0.3 is 6.03 Å². The molecule has 0 saturated carbocycles. The van der Waals surface area contributed by atoms with Crippen LogP contribution in [0.25, 0.3) is 6.08 Å². The minimum Gasteiger partial charge on any atom is -0.493 e. The highest BCUT2D eigenvalue weighted by molar-refractivity contribution is 9.10. The number of hydrogen-bond donors (Lipinski definition) is 1. The highest BCUT2D eigenvalue weighted by Gasteiger charge is 2.38. The summed E-state index contributed by atoms with van der Waals surface area (Å²) in [7, 11) is 1.42. The number of ether oxygens (including phenoxy) is 2. The van der Waals surface area contributed by atoms with Crippen molar-refractivity contribution in [3.8, 4) is 23.8 Å². The smallest absolute Gasteiger partial charge is 0.336 e. The molecule has 2 aromatic carbocycles. The number of para-hydroxylation sites is 1. The number of urea groups is 1. The number of amides is 4. The molecule has 3 rings (SSSR count). The highest BCUT2D eigenvalue weighted by Crippen LogP contribution is 2.37. The van der Waals surface area contributed by atoms with Crippen molar-refractivity contribution in [3.05, 3.63) is 57.8 Å². The Bertz CT molecular complexity index is 1120. The summed E-state index contributed by atoms with van der Waals surface area (Å²) in [5.74, 6) is 0.343. The SMILES string of the molecule is C#CCOc1c(Br)cc(/C=C2/C(=O)NC(=O)N(c3ccccc3F)C2=O)cc1OC. The van der Waals surface area contributed by atoms with E-state index in [9.17, 15) is 18.8 Å². The first-order chi connectivity index (χ1) is 14.4. The average molecular weight is 473 g/mol. The number of benzene rings is 2. The van der Waals surface area contributed by atoms with E-state index in [1.54, 1.807) is 6.07 Å². The molecule has 4 amide bonds. The maximum absolute atomic E-state index is 14.1. The molecule has 0 bridgehead atoms. The number of methoxy groups -OCH3 is 1. The van der Waals surface area contributed by atoms with E-state index in [1.165, 1.54) is 37.5 Å². The quantitative estimate of drug-likeness (QED) is 0.410. The zero-order chi connectivity index (χ0) is 21.8. The first-order valence-corrected chi connectivity index (χ1v) is 9.26. The van der Waals surface area contributed by atoms with Crippen molar-refractivity contribution in [2.24, 2.45) is 0 Å². The summed E-state index contributed by atoms with van der Waals surface area (Å²) in [5, 5.41) is 2.04. The second kappa shape index (κ2) is 8.80. The summed E-state index contributed by atoms with van der Waals surface area (Å²) in [6.07, 6.45) is 6.46. The van der Waals surface area contributed by atoms with Gasteiger partial charge in [-0.2, -0.15) is 0 Å². The third-order valence-electron chi connectivity index (χ3n) is 4.06. The molecule has 1 N–H and O–H groups in total. The van der Waals surface area contributed by atoms with Crippen LogP contribution in [-0.2, 0) is 9.59 Å². The van der Waals surface area contributed by atoms with Crippen LogP contribution in [0.2, 0.25) is 0 Å². The van der Waals surface area contributed by atoms with Crippen molar-refractivity contribution in [1.82, 2.24) is 5.32 Å². The second-order valence-electron chi connectivity index (χ2n) is 5.94. The van der Waals surface area contributed by atoms with Gasteiger partial charge in [0.15, 0.2) is 11.5 Å². The summed E-state index contributed by atoms with van der Waals surface area (Å²) in [6, 6.07) is 7.31. The number of anilines is 1. The fourth-order valence-corrected chi connectivity index (χ4v) is 3.33. The Kier molecular flexibility index (Phi) is 6.18. The van der Waals surface area contributed by atoms with Crippen molar-refractivity contribution in [2.45, 2.75) is 0 Å². The normalized spacial score (nSPS) is 15.1. The van der Waals surface area contributed by atoms with Crippen LogP contribution >= 0.6 is 15.9 Å². The number of imide groups is 2. The molecule has 1 saturated heterocycles. The van der Waals surface area contributed by atoms with Crippen LogP contribution in [0.3, 0.4) is 0 Å². The lowest BCUT2D eigenvalue weighted by Gasteiger charge is -2.26. The molecule has 1 aliphatic heterocycles. The van der Waals surface area contributed by atoms with E-state index in [4.69, 9.17) is 15.9 Å². The fourth-order valence-electron chi connectivity index (χ4n) is 2.75. The van der Waals surface area contributed by atoms with Crippen LogP contribution in [0.4, 0.5) is 14.9 Å². The van der Waals surface area contributed by atoms with Crippen molar-refractivity contribution in [3.63, 3.8) is 0 Å². The van der Waals surface area contributed by atoms with Gasteiger partial charge in [-0.05, 0) is 51.8 Å². The molecule has 2 aromatic rings. The molecule has 152 valence electrons. The molecule has 0 atom stereocenters. The Morgan fingerprint density at radius 3 is 2.67 bits per heavy atom. The van der Waals surface area contributed by atoms with Gasteiger partial charge in [0, 0.05) is 0 Å². The molecule has 0 spiro atoms. The molecule has 1 fully saturated rings. The molecule has 0 radical (unpaired) electrons. The number of hydrogen-bond acceptors (Lipinski definition) is 5. The number of nitrogens with one attached hydrogen (secondary N) is 1. The van der Waals surface area contributed by atoms with Crippen LogP contribution < -0.4 is 19.7 Å². The summed E-state index contributed by atoms with van der Waals surface area (Å²) in [4.78, 5) is 37.9. The molecule has 0 aromatic heterocycles. The predicted molar refractivity (Wildman–Crippen MR) is 110 cm³/mol. The number of nitrogens with zero attached hydrogens (tertiary/aromatic N) is 1. The van der Waals surface area contributed by atoms with Crippen molar-refractivity contribution < 1.29 is 28.2 Å². The van der Waals surface area contributed by atoms with E-state index in [1.807, 2.05) is 5.32 Å². The molecule has 30 heavy (non-hydrogen) atoms. The average Bonchev–Trinajstić information content (AvgIpc) is 2.71. The maximum atomic E-state index is 14.1. The molecular formula is C21H14BrFN2O5. The zero-order valence-electron chi connectivity index (χ0n) is 15.6. The molecule has 0 aliphatic carbocycles. The second-order valence-corrected chi connectivity index (χ2v) is 6.79. The van der Waals surface area contributed by atoms with E-state index in [2.05, 4.69) is 21.9 Å². The largest absolute Gasteiger partial charge is 0.493 e. The summed E-state index contributed by atoms with van der Waals surface area (Å²) in [5.41, 5.74) is -0.229. The Balaban J connectivity index is 2.04. The van der Waals surface area contributed by atoms with Crippen molar-refractivity contribution in [2.75, 3.05) is 18.6 Å². The number of carbonyl (C=O) groups is 3. The Morgan fingerprint density at radius 2 is 2.00 bits per heavy atom. The Labute approximate surface area is 179 Å². The van der Waals surface area contributed by atoms with Gasteiger partial charge in [-0.15, -0.1) is 6.42 Å². The molecule has 7 nitrogen and oxygen atoms in total. The van der Waals surface area contributed by atoms with Crippen molar-refractivity contribution >= 4 is 45.5 Å². The molecule has 9 heteroatoms. The lowest BCUT2D eigenvalue weighted by molar-refractivity contribution is -0.122. The topological polar surface area (TPSA) is 84.9 Å². The van der Waals surface area contributed by atoms with Gasteiger partial charge < -0.3 is 9.47 Å². The van der Waals surface area contributed by atoms with E-state index in [-0.39, 0.29) is 17.9 Å². The highest BCUT2D eigenvalue weighted by atomic mass is 79.9. The van der Waals surface area contributed by atoms with Gasteiger partial charge in [-0.3, -0.25) is 14.9 Å². The van der Waals surface area contributed by atoms with E-state index in [0.29, 0.717) is 26.4 Å². The third kappa shape index (κ3) is 4.04. The minimum atomic E-state index is -1.04. The van der Waals surface area contributed by atoms with Gasteiger partial charge in [-0.1, -0.05) is 18.1 Å². The van der Waals surface area contributed by atoms with Crippen LogP contribution in [-0.4, -0.2) is 31.6 Å². The van der Waals surface area contributed by atoms with E-state index < -0.39 is 23.7 Å². The van der Waals surface area contributed by atoms with Crippen LogP contribution in [0.15, 0.2) is 46.4 Å². The molecule has 0 unspecified atom stereocenters. The predicted octanol–water partition coefficient (Wildman–Crippen LogP) is 3.28. The number of carbonyl (C=O) groups excluding carboxylic acids is 3. The standard InChI is InChI=1S/C21H14BrFN2O5/c1-3-8-30-18-14(22)10-12(11-17(18)29-2)9-13-19(26)24-21(28)25(20(13)27)16-7-5-4-6-15(16)23/h1,4-7,9-11H,8H2,2H3,(H,24,26,28)/b13-9-. The summed E-state index contributed by atoms with van der Waals surface area (Å²) >= 11 is 3.33. The summed E-state index contributed by atoms with van der Waals surface area (Å²) < 4.78 is 25.3. The van der Waals surface area contributed by atoms with Crippen molar-refractivity contribution in [1.29, 1.82) is 0 Å². The van der Waals surface area contributed by atoms with Gasteiger partial charge in [0.05, 0.1) is 17.3 Å². The number of terminal acetylenes is 1. The molecule has 1 aliphatic rings. The van der Waals surface area contributed by atoms with Gasteiger partial charge in [-0.25, -0.2) is 14.1 Å². The Hall–Kier alpha value is -3.64. The third-order valence-corrected chi connectivity index (χ3v) is 4.65. The van der Waals surface area contributed by atoms with Gasteiger partial charge in [0.25, 0.3) is 11.8 Å². The van der Waals surface area contributed by atoms with Crippen LogP contribution in [0.1, 0.15) is 5.56 Å². The molecule has 1 heterocycles. The monoisotopic (exact) mass is 472 g/mol. The van der Waals surface area contributed by atoms with E-state index >= 15 is 0 Å². The zero-order valence-corrected chi connectivity index (χ0v) is 17.2. The van der Waals surface area contributed by atoms with Gasteiger partial charge in [0.1, 0.15) is 18.0 Å². The summed E-state index contributed by atoms with van der Waals surface area (Å²) in [6.45, 7) is 0.00992. The Morgan fingerprint density at radius 1 is 1.27 bits per heavy atom. The van der Waals surface area contributed by atoms with E-state index in [0.717, 1.165) is 6.07 Å². The number of halogens is 2. The molecular weight excluding hydrogens is 459 g/mol. The first kappa shape index (κ1) is 21.1. The number of barbiturate groups is 1. The number of rotatable bonds is 5. The lowest BCUT2D eigenvalue weighted by Crippen LogP contribution is -2.54. The minimum absolute atomic E-state index is 0.00992. The lowest BCUT2D eigenvalue weighted by atomic mass is 10.1.